The van der Waals surface area contributed by atoms with Crippen LogP contribution in [0.5, 0.6) is 0 Å². The van der Waals surface area contributed by atoms with Crippen LogP contribution in [0.15, 0.2) is 42.1 Å². The summed E-state index contributed by atoms with van der Waals surface area (Å²) in [7, 11) is 0. The van der Waals surface area contributed by atoms with E-state index >= 15 is 0 Å². The highest BCUT2D eigenvalue weighted by molar-refractivity contribution is 5.82. The molecular weight excluding hydrogens is 216 g/mol. The zero-order chi connectivity index (χ0) is 12.5. The molecule has 0 saturated carbocycles. The molecule has 0 saturated heterocycles. The van der Waals surface area contributed by atoms with Gasteiger partial charge in [-0.05, 0) is 19.4 Å². The third kappa shape index (κ3) is 5.73. The van der Waals surface area contributed by atoms with Crippen LogP contribution in [0.2, 0.25) is 0 Å². The predicted octanol–water partition coefficient (Wildman–Crippen LogP) is 1.75. The maximum atomic E-state index is 11.1. The fourth-order valence-electron chi connectivity index (χ4n) is 1.28. The molecule has 17 heavy (non-hydrogen) atoms. The van der Waals surface area contributed by atoms with E-state index in [-0.39, 0.29) is 5.97 Å². The number of nitrogens with one attached hydrogen (secondary N) is 2. The number of carbonyl (C=O) groups excluding carboxylic acids is 1. The first-order valence-corrected chi connectivity index (χ1v) is 5.60. The van der Waals surface area contributed by atoms with E-state index in [0.29, 0.717) is 13.2 Å². The summed E-state index contributed by atoms with van der Waals surface area (Å²) in [4.78, 5) is 11.1. The Morgan fingerprint density at radius 1 is 1.35 bits per heavy atom. The molecule has 1 rings (SSSR count). The molecule has 1 aromatic carbocycles. The summed E-state index contributed by atoms with van der Waals surface area (Å²) in [5, 5.41) is 0. The van der Waals surface area contributed by atoms with Crippen molar-refractivity contribution < 1.29 is 9.53 Å². The van der Waals surface area contributed by atoms with Gasteiger partial charge < -0.3 is 10.2 Å². The molecule has 2 N–H and O–H groups in total. The third-order valence-corrected chi connectivity index (χ3v) is 2.04. The topological polar surface area (TPSA) is 50.4 Å². The van der Waals surface area contributed by atoms with E-state index in [4.69, 9.17) is 4.74 Å². The number of esters is 1. The van der Waals surface area contributed by atoms with Crippen molar-refractivity contribution in [2.24, 2.45) is 0 Å². The fraction of sp³-hybridized carbons (Fsp3) is 0.308. The molecule has 0 radical (unpaired) electrons. The number of hydrogen-bond donors (Lipinski definition) is 2. The Labute approximate surface area is 102 Å². The molecule has 0 fully saturated rings. The van der Waals surface area contributed by atoms with Gasteiger partial charge in [0.05, 0.1) is 6.61 Å². The summed E-state index contributed by atoms with van der Waals surface area (Å²) in [5.41, 5.74) is 7.85. The smallest absolute Gasteiger partial charge is 0.332 e. The highest BCUT2D eigenvalue weighted by Gasteiger charge is 1.97. The SMILES string of the molecule is CCOC(=O)C=C(C)NNCc1ccccc1. The van der Waals surface area contributed by atoms with Crippen molar-refractivity contribution in [1.29, 1.82) is 0 Å². The van der Waals surface area contributed by atoms with Crippen molar-refractivity contribution in [2.45, 2.75) is 20.4 Å². The molecule has 0 aliphatic carbocycles. The fourth-order valence-corrected chi connectivity index (χ4v) is 1.28. The monoisotopic (exact) mass is 234 g/mol. The lowest BCUT2D eigenvalue weighted by molar-refractivity contribution is -0.137. The lowest BCUT2D eigenvalue weighted by atomic mass is 10.2. The number of hydrogen-bond acceptors (Lipinski definition) is 4. The minimum atomic E-state index is -0.334. The first kappa shape index (κ1) is 13.3. The maximum absolute atomic E-state index is 11.1. The van der Waals surface area contributed by atoms with Crippen LogP contribution in [0.1, 0.15) is 19.4 Å². The Morgan fingerprint density at radius 3 is 2.71 bits per heavy atom. The van der Waals surface area contributed by atoms with Gasteiger partial charge in [-0.15, -0.1) is 0 Å². The lowest BCUT2D eigenvalue weighted by Crippen LogP contribution is -2.29. The molecule has 0 aliphatic rings. The summed E-state index contributed by atoms with van der Waals surface area (Å²) in [6, 6.07) is 10.00. The molecule has 4 heteroatoms. The van der Waals surface area contributed by atoms with Crippen LogP contribution in [0.3, 0.4) is 0 Å². The third-order valence-electron chi connectivity index (χ3n) is 2.04. The number of hydrazine groups is 1. The summed E-state index contributed by atoms with van der Waals surface area (Å²) in [6.45, 7) is 4.66. The van der Waals surface area contributed by atoms with Gasteiger partial charge >= 0.3 is 5.97 Å². The minimum absolute atomic E-state index is 0.334. The summed E-state index contributed by atoms with van der Waals surface area (Å²) in [5.74, 6) is -0.334. The zero-order valence-corrected chi connectivity index (χ0v) is 10.2. The van der Waals surface area contributed by atoms with Crippen LogP contribution in [0.25, 0.3) is 0 Å². The van der Waals surface area contributed by atoms with Crippen molar-refractivity contribution in [1.82, 2.24) is 10.9 Å². The van der Waals surface area contributed by atoms with Crippen molar-refractivity contribution >= 4 is 5.97 Å². The summed E-state index contributed by atoms with van der Waals surface area (Å²) < 4.78 is 4.79. The van der Waals surface area contributed by atoms with Crippen molar-refractivity contribution in [3.05, 3.63) is 47.7 Å². The van der Waals surface area contributed by atoms with E-state index in [1.54, 1.807) is 13.8 Å². The van der Waals surface area contributed by atoms with E-state index in [1.165, 1.54) is 11.6 Å². The first-order chi connectivity index (χ1) is 8.22. The van der Waals surface area contributed by atoms with Crippen LogP contribution in [0, 0.1) is 0 Å². The molecule has 0 aliphatic heterocycles. The van der Waals surface area contributed by atoms with Crippen molar-refractivity contribution in [2.75, 3.05) is 6.61 Å². The van der Waals surface area contributed by atoms with Gasteiger partial charge in [0.25, 0.3) is 0 Å². The Hall–Kier alpha value is -1.81. The van der Waals surface area contributed by atoms with Gasteiger partial charge in [0.1, 0.15) is 0 Å². The molecule has 1 aromatic rings. The lowest BCUT2D eigenvalue weighted by Gasteiger charge is -2.08. The Balaban J connectivity index is 2.29. The maximum Gasteiger partial charge on any atom is 0.332 e. The molecule has 0 spiro atoms. The van der Waals surface area contributed by atoms with Crippen LogP contribution in [0.4, 0.5) is 0 Å². The highest BCUT2D eigenvalue weighted by Crippen LogP contribution is 1.96. The first-order valence-electron chi connectivity index (χ1n) is 5.60. The highest BCUT2D eigenvalue weighted by atomic mass is 16.5. The second kappa shape index (κ2) is 7.46. The molecular formula is C13H18N2O2. The molecule has 0 unspecified atom stereocenters. The Morgan fingerprint density at radius 2 is 2.06 bits per heavy atom. The molecule has 0 amide bonds. The van der Waals surface area contributed by atoms with Gasteiger partial charge in [-0.1, -0.05) is 30.3 Å². The van der Waals surface area contributed by atoms with Crippen molar-refractivity contribution in [3.63, 3.8) is 0 Å². The van der Waals surface area contributed by atoms with Gasteiger partial charge in [0.15, 0.2) is 0 Å². The predicted molar refractivity (Wildman–Crippen MR) is 66.8 cm³/mol. The second-order valence-corrected chi connectivity index (χ2v) is 3.54. The van der Waals surface area contributed by atoms with E-state index in [2.05, 4.69) is 10.9 Å². The molecule has 0 aromatic heterocycles. The average Bonchev–Trinajstić information content (AvgIpc) is 2.30. The van der Waals surface area contributed by atoms with E-state index < -0.39 is 0 Å². The van der Waals surface area contributed by atoms with E-state index in [9.17, 15) is 4.79 Å². The van der Waals surface area contributed by atoms with Crippen LogP contribution >= 0.6 is 0 Å². The average molecular weight is 234 g/mol. The number of ether oxygens (including phenoxy) is 1. The number of allylic oxidation sites excluding steroid dienone is 1. The van der Waals surface area contributed by atoms with Gasteiger partial charge in [-0.3, -0.25) is 0 Å². The molecule has 92 valence electrons. The summed E-state index contributed by atoms with van der Waals surface area (Å²) >= 11 is 0. The van der Waals surface area contributed by atoms with Crippen molar-refractivity contribution in [3.8, 4) is 0 Å². The number of carbonyl (C=O) groups is 1. The zero-order valence-electron chi connectivity index (χ0n) is 10.2. The number of rotatable bonds is 6. The largest absolute Gasteiger partial charge is 0.463 e. The van der Waals surface area contributed by atoms with Gasteiger partial charge in [-0.2, -0.15) is 0 Å². The second-order valence-electron chi connectivity index (χ2n) is 3.54. The standard InChI is InChI=1S/C13H18N2O2/c1-3-17-13(16)9-11(2)15-14-10-12-7-5-4-6-8-12/h4-9,14-15H,3,10H2,1-2H3. The Kier molecular flexibility index (Phi) is 5.82. The van der Waals surface area contributed by atoms with Gasteiger partial charge in [-0.25, -0.2) is 10.2 Å². The van der Waals surface area contributed by atoms with Crippen LogP contribution < -0.4 is 10.9 Å². The van der Waals surface area contributed by atoms with Gasteiger partial charge in [0, 0.05) is 18.3 Å². The number of benzene rings is 1. The van der Waals surface area contributed by atoms with E-state index in [1.807, 2.05) is 30.3 Å². The van der Waals surface area contributed by atoms with Crippen LogP contribution in [-0.2, 0) is 16.1 Å². The van der Waals surface area contributed by atoms with Crippen LogP contribution in [-0.4, -0.2) is 12.6 Å². The molecule has 0 heterocycles. The Bertz CT molecular complexity index is 374. The quantitative estimate of drug-likeness (QED) is 0.447. The minimum Gasteiger partial charge on any atom is -0.463 e. The van der Waals surface area contributed by atoms with E-state index in [0.717, 1.165) is 5.70 Å². The normalized spacial score (nSPS) is 11.1. The molecule has 4 nitrogen and oxygen atoms in total. The summed E-state index contributed by atoms with van der Waals surface area (Å²) in [6.07, 6.45) is 1.42. The molecule has 0 bridgehead atoms. The molecule has 0 atom stereocenters. The van der Waals surface area contributed by atoms with Gasteiger partial charge in [0.2, 0.25) is 0 Å².